The van der Waals surface area contributed by atoms with Crippen LogP contribution in [0, 0.1) is 5.92 Å². The lowest BCUT2D eigenvalue weighted by Gasteiger charge is -2.09. The van der Waals surface area contributed by atoms with E-state index in [0.717, 1.165) is 17.7 Å². The zero-order chi connectivity index (χ0) is 10.8. The molecule has 3 nitrogen and oxygen atoms in total. The minimum Gasteiger partial charge on any atom is -0.381 e. The predicted molar refractivity (Wildman–Crippen MR) is 60.7 cm³/mol. The molecule has 0 aliphatic heterocycles. The van der Waals surface area contributed by atoms with Crippen LogP contribution in [0.2, 0.25) is 0 Å². The highest BCUT2D eigenvalue weighted by molar-refractivity contribution is 5.42. The SMILES string of the molecule is CC(C)Cc1c(N)noc1C1CCCC1. The lowest BCUT2D eigenvalue weighted by Crippen LogP contribution is -2.02. The molecule has 1 aromatic heterocycles. The van der Waals surface area contributed by atoms with Gasteiger partial charge in [-0.05, 0) is 25.2 Å². The molecule has 0 atom stereocenters. The van der Waals surface area contributed by atoms with Gasteiger partial charge in [0.25, 0.3) is 0 Å². The topological polar surface area (TPSA) is 52.0 Å². The van der Waals surface area contributed by atoms with Gasteiger partial charge in [0.05, 0.1) is 0 Å². The lowest BCUT2D eigenvalue weighted by atomic mass is 9.95. The Hall–Kier alpha value is -0.990. The van der Waals surface area contributed by atoms with Crippen molar-refractivity contribution in [3.8, 4) is 0 Å². The summed E-state index contributed by atoms with van der Waals surface area (Å²) in [5, 5.41) is 3.92. The third kappa shape index (κ3) is 2.16. The Bertz CT molecular complexity index is 324. The molecule has 1 aliphatic carbocycles. The van der Waals surface area contributed by atoms with Crippen LogP contribution in [-0.4, -0.2) is 5.16 Å². The Morgan fingerprint density at radius 3 is 2.67 bits per heavy atom. The third-order valence-corrected chi connectivity index (χ3v) is 3.19. The second kappa shape index (κ2) is 4.25. The van der Waals surface area contributed by atoms with E-state index in [1.807, 2.05) is 0 Å². The molecule has 15 heavy (non-hydrogen) atoms. The van der Waals surface area contributed by atoms with Crippen molar-refractivity contribution in [2.75, 3.05) is 5.73 Å². The fourth-order valence-corrected chi connectivity index (χ4v) is 2.46. The van der Waals surface area contributed by atoms with Crippen LogP contribution in [0.5, 0.6) is 0 Å². The summed E-state index contributed by atoms with van der Waals surface area (Å²) in [6, 6.07) is 0. The van der Waals surface area contributed by atoms with Crippen LogP contribution >= 0.6 is 0 Å². The van der Waals surface area contributed by atoms with E-state index in [9.17, 15) is 0 Å². The molecule has 2 rings (SSSR count). The summed E-state index contributed by atoms with van der Waals surface area (Å²) in [5.41, 5.74) is 7.02. The lowest BCUT2D eigenvalue weighted by molar-refractivity contribution is 0.359. The molecule has 3 heteroatoms. The van der Waals surface area contributed by atoms with Crippen molar-refractivity contribution in [1.29, 1.82) is 0 Å². The molecule has 84 valence electrons. The standard InChI is InChI=1S/C12H20N2O/c1-8(2)7-10-11(15-14-12(10)13)9-5-3-4-6-9/h8-9H,3-7H2,1-2H3,(H2,13,14). The van der Waals surface area contributed by atoms with E-state index < -0.39 is 0 Å². The molecular weight excluding hydrogens is 188 g/mol. The van der Waals surface area contributed by atoms with Crippen molar-refractivity contribution in [2.45, 2.75) is 51.9 Å². The Balaban J connectivity index is 2.22. The van der Waals surface area contributed by atoms with Crippen molar-refractivity contribution in [3.05, 3.63) is 11.3 Å². The minimum atomic E-state index is 0.573. The van der Waals surface area contributed by atoms with Gasteiger partial charge in [-0.3, -0.25) is 0 Å². The second-order valence-electron chi connectivity index (χ2n) is 4.99. The van der Waals surface area contributed by atoms with E-state index in [2.05, 4.69) is 19.0 Å². The Morgan fingerprint density at radius 1 is 1.40 bits per heavy atom. The molecule has 0 saturated heterocycles. The second-order valence-corrected chi connectivity index (χ2v) is 4.99. The molecule has 0 radical (unpaired) electrons. The quantitative estimate of drug-likeness (QED) is 0.830. The third-order valence-electron chi connectivity index (χ3n) is 3.19. The maximum atomic E-state index is 5.85. The number of nitrogens with two attached hydrogens (primary N) is 1. The summed E-state index contributed by atoms with van der Waals surface area (Å²) in [6.45, 7) is 4.40. The summed E-state index contributed by atoms with van der Waals surface area (Å²) >= 11 is 0. The molecule has 1 aliphatic rings. The monoisotopic (exact) mass is 208 g/mol. The zero-order valence-corrected chi connectivity index (χ0v) is 9.62. The van der Waals surface area contributed by atoms with Crippen molar-refractivity contribution in [3.63, 3.8) is 0 Å². The van der Waals surface area contributed by atoms with Crippen LogP contribution in [0.4, 0.5) is 5.82 Å². The van der Waals surface area contributed by atoms with E-state index in [0.29, 0.717) is 17.7 Å². The number of nitrogens with zero attached hydrogens (tertiary/aromatic N) is 1. The average molecular weight is 208 g/mol. The van der Waals surface area contributed by atoms with Gasteiger partial charge in [0.2, 0.25) is 0 Å². The summed E-state index contributed by atoms with van der Waals surface area (Å²) in [6.07, 6.45) is 6.08. The summed E-state index contributed by atoms with van der Waals surface area (Å²) in [7, 11) is 0. The first kappa shape index (κ1) is 10.5. The smallest absolute Gasteiger partial charge is 0.170 e. The summed E-state index contributed by atoms with van der Waals surface area (Å²) in [4.78, 5) is 0. The number of hydrogen-bond donors (Lipinski definition) is 1. The highest BCUT2D eigenvalue weighted by Crippen LogP contribution is 2.38. The van der Waals surface area contributed by atoms with Crippen molar-refractivity contribution < 1.29 is 4.52 Å². The molecule has 0 spiro atoms. The molecule has 1 fully saturated rings. The first-order valence-electron chi connectivity index (χ1n) is 5.92. The maximum Gasteiger partial charge on any atom is 0.170 e. The van der Waals surface area contributed by atoms with Crippen LogP contribution in [0.1, 0.15) is 56.8 Å². The molecule has 0 bridgehead atoms. The minimum absolute atomic E-state index is 0.573. The fraction of sp³-hybridized carbons (Fsp3) is 0.750. The average Bonchev–Trinajstić information content (AvgIpc) is 2.76. The van der Waals surface area contributed by atoms with E-state index in [-0.39, 0.29) is 0 Å². The number of anilines is 1. The van der Waals surface area contributed by atoms with E-state index >= 15 is 0 Å². The van der Waals surface area contributed by atoms with Gasteiger partial charge in [0.15, 0.2) is 5.82 Å². The van der Waals surface area contributed by atoms with Crippen molar-refractivity contribution >= 4 is 5.82 Å². The van der Waals surface area contributed by atoms with Crippen LogP contribution in [-0.2, 0) is 6.42 Å². The Labute approximate surface area is 91.0 Å². The Kier molecular flexibility index (Phi) is 2.98. The molecule has 0 amide bonds. The first-order chi connectivity index (χ1) is 7.18. The number of nitrogen functional groups attached to an aromatic ring is 1. The van der Waals surface area contributed by atoms with Gasteiger partial charge in [0.1, 0.15) is 5.76 Å². The normalized spacial score (nSPS) is 17.8. The number of rotatable bonds is 3. The van der Waals surface area contributed by atoms with Gasteiger partial charge in [0, 0.05) is 11.5 Å². The van der Waals surface area contributed by atoms with Gasteiger partial charge in [-0.1, -0.05) is 31.8 Å². The highest BCUT2D eigenvalue weighted by Gasteiger charge is 2.26. The van der Waals surface area contributed by atoms with E-state index in [1.54, 1.807) is 0 Å². The molecule has 1 heterocycles. The van der Waals surface area contributed by atoms with E-state index in [1.165, 1.54) is 25.7 Å². The van der Waals surface area contributed by atoms with Gasteiger partial charge in [-0.15, -0.1) is 0 Å². The van der Waals surface area contributed by atoms with Crippen LogP contribution < -0.4 is 5.73 Å². The molecular formula is C12H20N2O. The van der Waals surface area contributed by atoms with Crippen molar-refractivity contribution in [1.82, 2.24) is 5.16 Å². The summed E-state index contributed by atoms with van der Waals surface area (Å²) in [5.74, 6) is 2.85. The van der Waals surface area contributed by atoms with Crippen molar-refractivity contribution in [2.24, 2.45) is 5.92 Å². The maximum absolute atomic E-state index is 5.85. The Morgan fingerprint density at radius 2 is 2.07 bits per heavy atom. The van der Waals surface area contributed by atoms with Crippen LogP contribution in [0.3, 0.4) is 0 Å². The molecule has 1 aromatic rings. The predicted octanol–water partition coefficient (Wildman–Crippen LogP) is 3.11. The summed E-state index contributed by atoms with van der Waals surface area (Å²) < 4.78 is 5.41. The van der Waals surface area contributed by atoms with E-state index in [4.69, 9.17) is 10.3 Å². The van der Waals surface area contributed by atoms with Crippen LogP contribution in [0.25, 0.3) is 0 Å². The molecule has 1 saturated carbocycles. The van der Waals surface area contributed by atoms with Gasteiger partial charge < -0.3 is 10.3 Å². The zero-order valence-electron chi connectivity index (χ0n) is 9.62. The van der Waals surface area contributed by atoms with Gasteiger partial charge in [-0.2, -0.15) is 0 Å². The molecule has 0 unspecified atom stereocenters. The van der Waals surface area contributed by atoms with Crippen LogP contribution in [0.15, 0.2) is 4.52 Å². The fourth-order valence-electron chi connectivity index (χ4n) is 2.46. The largest absolute Gasteiger partial charge is 0.381 e. The first-order valence-corrected chi connectivity index (χ1v) is 5.92. The van der Waals surface area contributed by atoms with Gasteiger partial charge >= 0.3 is 0 Å². The molecule has 0 aromatic carbocycles. The molecule has 2 N–H and O–H groups in total. The number of aromatic nitrogens is 1. The highest BCUT2D eigenvalue weighted by atomic mass is 16.5. The number of hydrogen-bond acceptors (Lipinski definition) is 3. The van der Waals surface area contributed by atoms with Gasteiger partial charge in [-0.25, -0.2) is 0 Å².